The van der Waals surface area contributed by atoms with Crippen molar-refractivity contribution in [3.8, 4) is 0 Å². The molecule has 1 aliphatic rings. The molecule has 0 saturated heterocycles. The molecule has 0 atom stereocenters. The summed E-state index contributed by atoms with van der Waals surface area (Å²) in [6.07, 6.45) is 9.30. The standard InChI is InChI=1S/C34H33Cl2N2.BF4/c1-4-6-18-37-29-16-14-27(35)23-10-8-12-25(33(23)29)31(37)20-22(3)21-32-26-13-9-11-24-28(36)15-17-30(34(24)26)38(32)19-7-5-2;2-1(3,4)5/h8-17,20-21H,4-7,18-19H2,1-3H3;/q+1;-1. The molecule has 4 aromatic carbocycles. The van der Waals surface area contributed by atoms with E-state index >= 15 is 0 Å². The van der Waals surface area contributed by atoms with E-state index in [1.807, 2.05) is 12.1 Å². The second-order valence-electron chi connectivity index (χ2n) is 10.9. The number of hydrogen-bond donors (Lipinski definition) is 0. The Morgan fingerprint density at radius 1 is 0.814 bits per heavy atom. The van der Waals surface area contributed by atoms with Crippen LogP contribution >= 0.6 is 23.2 Å². The Kier molecular flexibility index (Phi) is 9.24. The van der Waals surface area contributed by atoms with Gasteiger partial charge < -0.3 is 21.8 Å². The topological polar surface area (TPSA) is 7.94 Å². The third-order valence-corrected chi connectivity index (χ3v) is 8.50. The van der Waals surface area contributed by atoms with Gasteiger partial charge in [0.15, 0.2) is 0 Å². The van der Waals surface area contributed by atoms with Crippen molar-refractivity contribution in [3.63, 3.8) is 0 Å². The molecule has 1 aromatic heterocycles. The molecule has 0 fully saturated rings. The van der Waals surface area contributed by atoms with Crippen molar-refractivity contribution in [2.45, 2.75) is 53.0 Å². The summed E-state index contributed by atoms with van der Waals surface area (Å²) in [5, 5.41) is 8.93. The number of hydrogen-bond acceptors (Lipinski definition) is 0. The maximum atomic E-state index is 9.75. The highest BCUT2D eigenvalue weighted by Gasteiger charge is 2.31. The van der Waals surface area contributed by atoms with Crippen LogP contribution in [0.15, 0.2) is 72.3 Å². The minimum Gasteiger partial charge on any atom is -0.418 e. The van der Waals surface area contributed by atoms with Gasteiger partial charge in [0.25, 0.3) is 0 Å². The minimum absolute atomic E-state index is 0.812. The molecule has 0 amide bonds. The zero-order valence-electron chi connectivity index (χ0n) is 24.4. The van der Waals surface area contributed by atoms with Crippen LogP contribution in [0.1, 0.15) is 52.0 Å². The molecule has 0 bridgehead atoms. The molecule has 43 heavy (non-hydrogen) atoms. The van der Waals surface area contributed by atoms with Crippen LogP contribution in [-0.4, -0.2) is 28.7 Å². The molecule has 0 saturated carbocycles. The first-order chi connectivity index (χ1) is 20.5. The van der Waals surface area contributed by atoms with Gasteiger partial charge in [-0.2, -0.15) is 4.58 Å². The van der Waals surface area contributed by atoms with Crippen molar-refractivity contribution < 1.29 is 21.8 Å². The second kappa shape index (κ2) is 12.8. The largest absolute Gasteiger partial charge is 0.673 e. The van der Waals surface area contributed by atoms with Crippen molar-refractivity contribution in [3.05, 3.63) is 93.3 Å². The number of aryl methyl sites for hydroxylation is 1. The van der Waals surface area contributed by atoms with Crippen LogP contribution in [0, 0.1) is 0 Å². The number of aromatic nitrogens is 1. The van der Waals surface area contributed by atoms with E-state index in [9.17, 15) is 17.3 Å². The number of halogens is 6. The van der Waals surface area contributed by atoms with Gasteiger partial charge in [0.2, 0.25) is 11.4 Å². The van der Waals surface area contributed by atoms with E-state index in [0.717, 1.165) is 59.6 Å². The molecule has 6 rings (SSSR count). The Labute approximate surface area is 259 Å². The van der Waals surface area contributed by atoms with Gasteiger partial charge in [-0.15, -0.1) is 0 Å². The Balaban J connectivity index is 0.000000682. The zero-order chi connectivity index (χ0) is 30.9. The van der Waals surface area contributed by atoms with Crippen molar-refractivity contribution in [2.75, 3.05) is 6.54 Å². The number of allylic oxidation sites excluding steroid dienone is 2. The van der Waals surface area contributed by atoms with Gasteiger partial charge in [0.05, 0.1) is 10.9 Å². The molecule has 0 N–H and O–H groups in total. The summed E-state index contributed by atoms with van der Waals surface area (Å²) in [4.78, 5) is 0. The maximum absolute atomic E-state index is 9.75. The highest BCUT2D eigenvalue weighted by molar-refractivity contribution is 6.50. The molecular formula is C34H33BCl2F4N2. The quantitative estimate of drug-likeness (QED) is 0.0919. The Morgan fingerprint density at radius 2 is 1.42 bits per heavy atom. The average Bonchev–Trinajstić information content (AvgIpc) is 3.42. The molecule has 2 nitrogen and oxygen atoms in total. The van der Waals surface area contributed by atoms with E-state index in [4.69, 9.17) is 23.2 Å². The van der Waals surface area contributed by atoms with Gasteiger partial charge in [0.1, 0.15) is 6.54 Å². The molecule has 0 aliphatic carbocycles. The van der Waals surface area contributed by atoms with Crippen LogP contribution in [0.3, 0.4) is 0 Å². The molecule has 0 spiro atoms. The zero-order valence-corrected chi connectivity index (χ0v) is 25.9. The van der Waals surface area contributed by atoms with Crippen LogP contribution < -0.4 is 5.35 Å². The Bertz CT molecular complexity index is 1930. The summed E-state index contributed by atoms with van der Waals surface area (Å²) in [5.74, 6) is 0. The molecule has 2 heterocycles. The van der Waals surface area contributed by atoms with E-state index in [-0.39, 0.29) is 0 Å². The SMILES string of the molecule is CCCCn1/c(=C/C(C)=C/C2=[N+](CCCC)c3ccc(Cl)c4cccc2c34)c2cccc3c(Cl)ccc1c32.F[B-](F)(F)F. The van der Waals surface area contributed by atoms with E-state index in [0.29, 0.717) is 0 Å². The summed E-state index contributed by atoms with van der Waals surface area (Å²) >= 11 is 13.3. The van der Waals surface area contributed by atoms with Gasteiger partial charge in [-0.25, -0.2) is 0 Å². The van der Waals surface area contributed by atoms with Crippen molar-refractivity contribution in [1.82, 2.24) is 4.57 Å². The molecule has 0 radical (unpaired) electrons. The van der Waals surface area contributed by atoms with Crippen molar-refractivity contribution in [2.24, 2.45) is 0 Å². The number of rotatable bonds is 8. The van der Waals surface area contributed by atoms with Gasteiger partial charge in [-0.1, -0.05) is 80.2 Å². The fourth-order valence-electron chi connectivity index (χ4n) is 6.03. The second-order valence-corrected chi connectivity index (χ2v) is 11.7. The Morgan fingerprint density at radius 3 is 2.09 bits per heavy atom. The summed E-state index contributed by atoms with van der Waals surface area (Å²) in [6.45, 7) is 8.71. The van der Waals surface area contributed by atoms with E-state index < -0.39 is 7.25 Å². The molecule has 0 unspecified atom stereocenters. The predicted octanol–water partition coefficient (Wildman–Crippen LogP) is 10.7. The van der Waals surface area contributed by atoms with Gasteiger partial charge in [-0.3, -0.25) is 0 Å². The van der Waals surface area contributed by atoms with E-state index in [1.54, 1.807) is 0 Å². The molecule has 1 aliphatic heterocycles. The fourth-order valence-corrected chi connectivity index (χ4v) is 6.47. The molecule has 5 aromatic rings. The third-order valence-electron chi connectivity index (χ3n) is 7.85. The summed E-state index contributed by atoms with van der Waals surface area (Å²) in [7, 11) is -6.00. The monoisotopic (exact) mass is 626 g/mol. The van der Waals surface area contributed by atoms with Gasteiger partial charge in [0, 0.05) is 67.6 Å². The van der Waals surface area contributed by atoms with Crippen LogP contribution in [0.5, 0.6) is 0 Å². The molecule has 224 valence electrons. The normalized spacial score (nSPS) is 14.0. The third kappa shape index (κ3) is 6.34. The fraction of sp³-hybridized carbons (Fsp3) is 0.265. The van der Waals surface area contributed by atoms with Gasteiger partial charge >= 0.3 is 7.25 Å². The van der Waals surface area contributed by atoms with Crippen LogP contribution in [0.2, 0.25) is 10.0 Å². The number of unbranched alkanes of at least 4 members (excludes halogenated alkanes) is 2. The highest BCUT2D eigenvalue weighted by atomic mass is 35.5. The smallest absolute Gasteiger partial charge is 0.418 e. The van der Waals surface area contributed by atoms with Crippen molar-refractivity contribution in [1.29, 1.82) is 0 Å². The molecular weight excluding hydrogens is 594 g/mol. The predicted molar refractivity (Wildman–Crippen MR) is 176 cm³/mol. The highest BCUT2D eigenvalue weighted by Crippen LogP contribution is 2.39. The maximum Gasteiger partial charge on any atom is 0.673 e. The average molecular weight is 627 g/mol. The van der Waals surface area contributed by atoms with E-state index in [2.05, 4.69) is 90.6 Å². The molecule has 9 heteroatoms. The van der Waals surface area contributed by atoms with Crippen LogP contribution in [0.25, 0.3) is 38.5 Å². The lowest BCUT2D eigenvalue weighted by molar-refractivity contribution is -0.436. The first-order valence-corrected chi connectivity index (χ1v) is 15.4. The summed E-state index contributed by atoms with van der Waals surface area (Å²) in [6, 6.07) is 21.4. The number of nitrogens with zero attached hydrogens (tertiary/aromatic N) is 2. The van der Waals surface area contributed by atoms with Crippen LogP contribution in [-0.2, 0) is 6.54 Å². The summed E-state index contributed by atoms with van der Waals surface area (Å²) < 4.78 is 44.0. The summed E-state index contributed by atoms with van der Waals surface area (Å²) in [5.41, 5.74) is 6.27. The lowest BCUT2D eigenvalue weighted by Crippen LogP contribution is -2.17. The first-order valence-electron chi connectivity index (χ1n) is 14.7. The van der Waals surface area contributed by atoms with Gasteiger partial charge in [-0.05, 0) is 49.3 Å². The van der Waals surface area contributed by atoms with Crippen molar-refractivity contribution >= 4 is 80.4 Å². The first kappa shape index (κ1) is 31.1. The Hall–Kier alpha value is -3.29. The van der Waals surface area contributed by atoms with Crippen LogP contribution in [0.4, 0.5) is 23.0 Å². The number of benzene rings is 4. The lowest BCUT2D eigenvalue weighted by Gasteiger charge is -2.06. The van der Waals surface area contributed by atoms with E-state index in [1.165, 1.54) is 49.6 Å². The lowest BCUT2D eigenvalue weighted by atomic mass is 10.0. The minimum atomic E-state index is -6.00.